The number of amides is 1. The van der Waals surface area contributed by atoms with Gasteiger partial charge in [0.05, 0.1) is 11.4 Å². The van der Waals surface area contributed by atoms with Crippen LogP contribution in [0.15, 0.2) is 24.3 Å². The Balaban J connectivity index is 1.82. The maximum atomic E-state index is 14.3. The summed E-state index contributed by atoms with van der Waals surface area (Å²) in [6.07, 6.45) is -5.46. The summed E-state index contributed by atoms with van der Waals surface area (Å²) in [6.45, 7) is 0.505. The molecule has 0 unspecified atom stereocenters. The number of hydrogen-bond donors (Lipinski definition) is 1. The number of nitrogens with zero attached hydrogens (tertiary/aromatic N) is 2. The van der Waals surface area contributed by atoms with E-state index in [1.807, 2.05) is 5.32 Å². The van der Waals surface area contributed by atoms with Crippen LogP contribution in [0.4, 0.5) is 37.8 Å². The topological polar surface area (TPSA) is 45.2 Å². The third-order valence-corrected chi connectivity index (χ3v) is 4.21. The van der Waals surface area contributed by atoms with E-state index in [0.717, 1.165) is 18.2 Å². The quantitative estimate of drug-likeness (QED) is 0.773. The van der Waals surface area contributed by atoms with Crippen molar-refractivity contribution >= 4 is 17.4 Å². The fourth-order valence-corrected chi connectivity index (χ4v) is 3.00. The number of halogens is 6. The molecule has 10 heteroatoms. The lowest BCUT2D eigenvalue weighted by atomic mass is 10.1. The molecule has 0 bridgehead atoms. The van der Waals surface area contributed by atoms with Crippen molar-refractivity contribution in [2.45, 2.75) is 32.0 Å². The van der Waals surface area contributed by atoms with Gasteiger partial charge < -0.3 is 10.2 Å². The summed E-state index contributed by atoms with van der Waals surface area (Å²) in [5, 5.41) is 1.83. The van der Waals surface area contributed by atoms with E-state index < -0.39 is 41.8 Å². The summed E-state index contributed by atoms with van der Waals surface area (Å²) in [7, 11) is 0. The molecule has 0 saturated carbocycles. The molecule has 28 heavy (non-hydrogen) atoms. The number of nitrogens with one attached hydrogen (secondary N) is 1. The van der Waals surface area contributed by atoms with Crippen LogP contribution < -0.4 is 10.2 Å². The molecular formula is C18H15F6N3O. The largest absolute Gasteiger partial charge is 0.397 e. The van der Waals surface area contributed by atoms with Crippen molar-refractivity contribution in [3.8, 4) is 0 Å². The lowest BCUT2D eigenvalue weighted by molar-refractivity contribution is -0.150. The lowest BCUT2D eigenvalue weighted by Crippen LogP contribution is -2.30. The van der Waals surface area contributed by atoms with Gasteiger partial charge in [-0.3, -0.25) is 4.79 Å². The Morgan fingerprint density at radius 3 is 2.57 bits per heavy atom. The molecule has 0 saturated heterocycles. The lowest BCUT2D eigenvalue weighted by Gasteiger charge is -2.31. The zero-order chi connectivity index (χ0) is 20.5. The second kappa shape index (κ2) is 7.69. The number of rotatable bonds is 4. The van der Waals surface area contributed by atoms with Crippen molar-refractivity contribution in [3.05, 3.63) is 53.0 Å². The second-order valence-corrected chi connectivity index (χ2v) is 6.39. The molecule has 1 aromatic carbocycles. The standard InChI is InChI=1S/C18H15F6N3O/c19-11-4-3-10(12(20)6-11)9-27-5-1-2-14-15(27)7-13(21)17(25-14)26-16(28)8-18(22,23)24/h3-4,6-7H,1-2,5,8-9H2,(H,25,26,28). The van der Waals surface area contributed by atoms with E-state index in [4.69, 9.17) is 0 Å². The van der Waals surface area contributed by atoms with Gasteiger partial charge in [-0.1, -0.05) is 6.07 Å². The number of fused-ring (bicyclic) bond motifs is 1. The number of aromatic nitrogens is 1. The van der Waals surface area contributed by atoms with Crippen LogP contribution in [0.25, 0.3) is 0 Å². The Kier molecular flexibility index (Phi) is 5.48. The van der Waals surface area contributed by atoms with Crippen LogP contribution in [-0.4, -0.2) is 23.6 Å². The molecule has 1 aliphatic rings. The van der Waals surface area contributed by atoms with Crippen molar-refractivity contribution in [2.75, 3.05) is 16.8 Å². The molecule has 4 nitrogen and oxygen atoms in total. The summed E-state index contributed by atoms with van der Waals surface area (Å²) in [6, 6.07) is 4.19. The molecule has 3 rings (SSSR count). The first-order chi connectivity index (χ1) is 13.1. The monoisotopic (exact) mass is 403 g/mol. The molecule has 0 fully saturated rings. The summed E-state index contributed by atoms with van der Waals surface area (Å²) < 4.78 is 78.1. The first-order valence-electron chi connectivity index (χ1n) is 8.37. The number of alkyl halides is 3. The van der Waals surface area contributed by atoms with Gasteiger partial charge in [0.1, 0.15) is 18.1 Å². The minimum atomic E-state index is -4.72. The van der Waals surface area contributed by atoms with Crippen LogP contribution in [-0.2, 0) is 17.8 Å². The molecule has 0 spiro atoms. The van der Waals surface area contributed by atoms with E-state index in [2.05, 4.69) is 4.98 Å². The maximum absolute atomic E-state index is 14.3. The average molecular weight is 403 g/mol. The molecule has 150 valence electrons. The van der Waals surface area contributed by atoms with Crippen LogP contribution in [0.5, 0.6) is 0 Å². The molecule has 1 aliphatic heterocycles. The highest BCUT2D eigenvalue weighted by Crippen LogP contribution is 2.31. The molecule has 0 aliphatic carbocycles. The Labute approximate surface area is 156 Å². The fraction of sp³-hybridized carbons (Fsp3) is 0.333. The molecule has 2 heterocycles. The zero-order valence-electron chi connectivity index (χ0n) is 14.4. The average Bonchev–Trinajstić information content (AvgIpc) is 2.57. The molecule has 2 aromatic rings. The molecular weight excluding hydrogens is 388 g/mol. The highest BCUT2D eigenvalue weighted by molar-refractivity contribution is 5.90. The van der Waals surface area contributed by atoms with Crippen molar-refractivity contribution < 1.29 is 31.1 Å². The minimum absolute atomic E-state index is 0.0417. The number of anilines is 2. The Hall–Kier alpha value is -2.78. The van der Waals surface area contributed by atoms with Crippen molar-refractivity contribution in [2.24, 2.45) is 0 Å². The van der Waals surface area contributed by atoms with Crippen molar-refractivity contribution in [1.82, 2.24) is 4.98 Å². The van der Waals surface area contributed by atoms with Gasteiger partial charge in [0, 0.05) is 30.8 Å². The number of carbonyl (C=O) groups excluding carboxylic acids is 1. The number of carbonyl (C=O) groups is 1. The van der Waals surface area contributed by atoms with E-state index in [1.54, 1.807) is 4.90 Å². The van der Waals surface area contributed by atoms with E-state index in [0.29, 0.717) is 30.8 Å². The first-order valence-corrected chi connectivity index (χ1v) is 8.37. The van der Waals surface area contributed by atoms with Gasteiger partial charge in [0.2, 0.25) is 5.91 Å². The normalized spacial score (nSPS) is 14.0. The van der Waals surface area contributed by atoms with Crippen molar-refractivity contribution in [3.63, 3.8) is 0 Å². The van der Waals surface area contributed by atoms with Crippen molar-refractivity contribution in [1.29, 1.82) is 0 Å². The van der Waals surface area contributed by atoms with Gasteiger partial charge in [0.15, 0.2) is 11.6 Å². The molecule has 1 amide bonds. The smallest absolute Gasteiger partial charge is 0.366 e. The van der Waals surface area contributed by atoms with Crippen LogP contribution in [0.3, 0.4) is 0 Å². The zero-order valence-corrected chi connectivity index (χ0v) is 14.4. The van der Waals surface area contributed by atoms with Crippen LogP contribution >= 0.6 is 0 Å². The van der Waals surface area contributed by atoms with Crippen LogP contribution in [0, 0.1) is 17.5 Å². The van der Waals surface area contributed by atoms with E-state index in [9.17, 15) is 31.1 Å². The molecule has 1 aromatic heterocycles. The number of aryl methyl sites for hydroxylation is 1. The summed E-state index contributed by atoms with van der Waals surface area (Å²) in [5.74, 6) is -4.45. The van der Waals surface area contributed by atoms with E-state index in [1.165, 1.54) is 6.07 Å². The number of pyridine rings is 1. The van der Waals surface area contributed by atoms with Crippen LogP contribution in [0.2, 0.25) is 0 Å². The number of hydrogen-bond acceptors (Lipinski definition) is 3. The van der Waals surface area contributed by atoms with Gasteiger partial charge in [-0.05, 0) is 18.9 Å². The predicted molar refractivity (Wildman–Crippen MR) is 89.2 cm³/mol. The highest BCUT2D eigenvalue weighted by atomic mass is 19.4. The fourth-order valence-electron chi connectivity index (χ4n) is 3.00. The maximum Gasteiger partial charge on any atom is 0.397 e. The summed E-state index contributed by atoms with van der Waals surface area (Å²) in [5.41, 5.74) is 0.927. The third-order valence-electron chi connectivity index (χ3n) is 4.21. The summed E-state index contributed by atoms with van der Waals surface area (Å²) in [4.78, 5) is 17.0. The van der Waals surface area contributed by atoms with Gasteiger partial charge >= 0.3 is 6.18 Å². The van der Waals surface area contributed by atoms with Crippen LogP contribution in [0.1, 0.15) is 24.1 Å². The minimum Gasteiger partial charge on any atom is -0.366 e. The van der Waals surface area contributed by atoms with E-state index in [-0.39, 0.29) is 12.1 Å². The predicted octanol–water partition coefficient (Wildman–Crippen LogP) is 4.34. The first kappa shape index (κ1) is 20.0. The van der Waals surface area contributed by atoms with E-state index >= 15 is 0 Å². The van der Waals surface area contributed by atoms with Gasteiger partial charge in [-0.15, -0.1) is 0 Å². The van der Waals surface area contributed by atoms with Gasteiger partial charge in [0.25, 0.3) is 0 Å². The summed E-state index contributed by atoms with van der Waals surface area (Å²) >= 11 is 0. The Morgan fingerprint density at radius 2 is 1.89 bits per heavy atom. The Morgan fingerprint density at radius 1 is 1.14 bits per heavy atom. The third kappa shape index (κ3) is 4.73. The molecule has 0 radical (unpaired) electrons. The second-order valence-electron chi connectivity index (χ2n) is 6.39. The number of benzene rings is 1. The molecule has 1 N–H and O–H groups in total. The van der Waals surface area contributed by atoms with Gasteiger partial charge in [-0.2, -0.15) is 13.2 Å². The molecule has 0 atom stereocenters. The van der Waals surface area contributed by atoms with Gasteiger partial charge in [-0.25, -0.2) is 18.2 Å². The SMILES string of the molecule is O=C(CC(F)(F)F)Nc1nc2c(cc1F)N(Cc1ccc(F)cc1F)CCC2. The Bertz CT molecular complexity index is 900. The highest BCUT2D eigenvalue weighted by Gasteiger charge is 2.32.